The maximum absolute atomic E-state index is 13.8. The molecule has 484 valence electrons. The average Bonchev–Trinajstić information content (AvgIpc) is 1.59. The van der Waals surface area contributed by atoms with Crippen molar-refractivity contribution >= 4 is 52.4 Å². The summed E-state index contributed by atoms with van der Waals surface area (Å²) in [4.78, 5) is 43.0. The molecule has 2 aromatic rings. The summed E-state index contributed by atoms with van der Waals surface area (Å²) in [6, 6.07) is 7.19. The molecule has 2 aromatic carbocycles. The van der Waals surface area contributed by atoms with Crippen LogP contribution in [0.25, 0.3) is 5.32 Å². The summed E-state index contributed by atoms with van der Waals surface area (Å²) in [6.45, 7) is 36.9. The summed E-state index contributed by atoms with van der Waals surface area (Å²) < 4.78 is 30.2. The molecule has 5 N–H and O–H groups in total. The molecule has 4 saturated heterocycles. The van der Waals surface area contributed by atoms with Crippen LogP contribution in [0.4, 0.5) is 11.4 Å². The Morgan fingerprint density at radius 2 is 1.09 bits per heavy atom. The van der Waals surface area contributed by atoms with Crippen molar-refractivity contribution in [1.82, 2.24) is 10.6 Å². The van der Waals surface area contributed by atoms with Gasteiger partial charge in [0.1, 0.15) is 41.0 Å². The third-order valence-corrected chi connectivity index (χ3v) is 18.3. The number of esters is 1. The van der Waals surface area contributed by atoms with Gasteiger partial charge in [0.2, 0.25) is 11.8 Å². The molecule has 88 heavy (non-hydrogen) atoms. The predicted molar refractivity (Wildman–Crippen MR) is 344 cm³/mol. The van der Waals surface area contributed by atoms with Gasteiger partial charge in [-0.3, -0.25) is 14.4 Å². The fourth-order valence-corrected chi connectivity index (χ4v) is 12.0. The summed E-state index contributed by atoms with van der Waals surface area (Å²) in [7, 11) is 4.90. The summed E-state index contributed by atoms with van der Waals surface area (Å²) >= 11 is 13.3. The van der Waals surface area contributed by atoms with Crippen molar-refractivity contribution in [2.24, 2.45) is 23.7 Å². The molecule has 6 heterocycles. The van der Waals surface area contributed by atoms with Gasteiger partial charge in [-0.25, -0.2) is 0 Å². The number of hydrogen-bond acceptors (Lipinski definition) is 13. The minimum Gasteiger partial charge on any atom is -0.653 e. The molecular formula is C68H98Cl2N5O11Y2-3. The van der Waals surface area contributed by atoms with Gasteiger partial charge in [0.25, 0.3) is 5.97 Å². The van der Waals surface area contributed by atoms with Gasteiger partial charge in [0, 0.05) is 116 Å². The van der Waals surface area contributed by atoms with Crippen LogP contribution in [0.15, 0.2) is 96.8 Å². The monoisotopic (exact) mass is 1410 g/mol. The van der Waals surface area contributed by atoms with E-state index in [1.807, 2.05) is 170 Å². The number of allylic oxidation sites excluding steroid dienone is 6. The Hall–Kier alpha value is -2.96. The number of likely N-dealkylation sites (N-methyl/N-ethyl adjacent to an activating group) is 1. The van der Waals surface area contributed by atoms with Crippen molar-refractivity contribution < 1.29 is 119 Å². The van der Waals surface area contributed by atoms with E-state index >= 15 is 0 Å². The molecule has 20 heteroatoms. The number of ether oxygens (including phenoxy) is 5. The third kappa shape index (κ3) is 19.6. The second-order valence-electron chi connectivity index (χ2n) is 24.9. The molecule has 14 unspecified atom stereocenters. The van der Waals surface area contributed by atoms with Crippen molar-refractivity contribution in [3.05, 3.63) is 147 Å². The quantitative estimate of drug-likeness (QED) is 0.110. The summed E-state index contributed by atoms with van der Waals surface area (Å²) in [5.74, 6) is -1.39. The Kier molecular flexibility index (Phi) is 30.4. The number of rotatable bonds is 3. The fourth-order valence-electron chi connectivity index (χ4n) is 11.5. The van der Waals surface area contributed by atoms with Crippen molar-refractivity contribution in [3.63, 3.8) is 0 Å². The molecule has 4 fully saturated rings. The van der Waals surface area contributed by atoms with Gasteiger partial charge < -0.3 is 77.6 Å². The molecule has 16 nitrogen and oxygen atoms in total. The Balaban J connectivity index is 0.000000417. The molecule has 8 bridgehead atoms. The molecule has 0 saturated carbocycles. The van der Waals surface area contributed by atoms with E-state index in [0.717, 1.165) is 33.4 Å². The first-order valence-electron chi connectivity index (χ1n) is 30.0. The number of aryl methyl sites for hydroxylation is 2. The standard InChI is InChI=1S/C33H45ClN3O6.C29H39ClN2O5.2C3H7.2Y/c1-18-11-10-12-20(3)33(40)17-26(41-23(6)36-33)21(4)30-32(7,43-30)27(42-31(39)22(5)35-8)16-28(38)37(9)25-15-24(13-18)14-19(2)29(25)34;1-16-9-8-10-18(3)29(35)15-23(36-20(5)31-29)19(4)27-28(6,37-27)24(33)14-25(34)32(7)22-13-21(11-16)12-17(2)26(22)30;2*1-3-2;;/h10-12,14-15,20-22,26-27,30,36,40H,6,13,16-17H2,1-5,7-9H3;8-10,12-13,18-19,23-24,27,31,33,35H,5,11,14-15H2,1-4,6-7H3;2*3H,1-2H3;;/q-1;;2*-1;;/b12-10+,18-11+;10-8+,16-9+;;;;/t20?,21?,22-,26?,27?,30?,32?,33?;;;;;/m0...../s1. The molecule has 6 aliphatic rings. The SMILES string of the molecule is C=C1NC2(O)CC(O1)C(C)C1OC1(C)C(O)CC(=O)N(C)c1cc(cc(C)c1Cl)C/C(C)=C/C=C/C2C.C=C1NC2(O)CC(O1)C(C)C1OC1(C)C(OC(=O)[C@H](C)[N-]C)CC(=O)N(C)c1cc(cc(C)c1Cl)C/C(C)=C/C=C/C2C.C[CH-]C.C[CH-]C.[Y].[Y]. The molecular weight excluding hydrogens is 1310 g/mol. The number of nitrogens with one attached hydrogen (secondary N) is 2. The Bertz CT molecular complexity index is 2910. The van der Waals surface area contributed by atoms with Gasteiger partial charge in [-0.15, -0.1) is 0 Å². The van der Waals surface area contributed by atoms with Gasteiger partial charge >= 0.3 is 0 Å². The number of carbonyl (C=O) groups excluding carboxylic acids is 3. The van der Waals surface area contributed by atoms with Gasteiger partial charge in [0.15, 0.2) is 11.8 Å². The van der Waals surface area contributed by atoms with E-state index in [4.69, 9.17) is 46.9 Å². The number of carbonyl (C=O) groups is 3. The number of hydrogen-bond donors (Lipinski definition) is 5. The summed E-state index contributed by atoms with van der Waals surface area (Å²) in [6.07, 6.45) is 14.1. The van der Waals surface area contributed by atoms with Gasteiger partial charge in [-0.1, -0.05) is 118 Å². The van der Waals surface area contributed by atoms with Crippen LogP contribution in [-0.4, -0.2) is 120 Å². The van der Waals surface area contributed by atoms with Crippen molar-refractivity contribution in [3.8, 4) is 0 Å². The van der Waals surface area contributed by atoms with E-state index < -0.39 is 59.1 Å². The summed E-state index contributed by atoms with van der Waals surface area (Å²) in [5.41, 5.74) is 2.75. The van der Waals surface area contributed by atoms with Gasteiger partial charge in [0.05, 0.1) is 52.6 Å². The minimum absolute atomic E-state index is 0. The first-order valence-corrected chi connectivity index (χ1v) is 30.8. The van der Waals surface area contributed by atoms with Crippen LogP contribution in [0.5, 0.6) is 0 Å². The topological polar surface area (TPSA) is 209 Å². The number of halogens is 2. The normalized spacial score (nSPS) is 34.4. The Morgan fingerprint density at radius 1 is 0.716 bits per heavy atom. The summed E-state index contributed by atoms with van der Waals surface area (Å²) in [5, 5.41) is 45.4. The smallest absolute Gasteiger partial charge is 0.288 e. The van der Waals surface area contributed by atoms with Crippen LogP contribution in [0.1, 0.15) is 138 Å². The molecule has 0 spiro atoms. The first kappa shape index (κ1) is 79.3. The molecule has 15 atom stereocenters. The van der Waals surface area contributed by atoms with Crippen LogP contribution < -0.4 is 20.4 Å². The number of benzene rings is 2. The molecule has 0 aliphatic carbocycles. The maximum Gasteiger partial charge on any atom is 0.288 e. The number of aliphatic hydroxyl groups excluding tert-OH is 1. The number of aliphatic hydroxyl groups is 3. The average molecular weight is 1410 g/mol. The van der Waals surface area contributed by atoms with Gasteiger partial charge in [-0.05, 0) is 108 Å². The number of fused-ring (bicyclic) bond motifs is 10. The van der Waals surface area contributed by atoms with Crippen LogP contribution in [0, 0.1) is 50.4 Å². The fraction of sp³-hybridized carbons (Fsp3) is 0.574. The third-order valence-electron chi connectivity index (χ3n) is 17.3. The van der Waals surface area contributed by atoms with Crippen molar-refractivity contribution in [2.75, 3.05) is 30.9 Å². The van der Waals surface area contributed by atoms with Crippen LogP contribution in [0.2, 0.25) is 10.0 Å². The van der Waals surface area contributed by atoms with E-state index in [0.29, 0.717) is 46.6 Å². The molecule has 2 radical (unpaired) electrons. The van der Waals surface area contributed by atoms with Gasteiger partial charge in [-0.2, -0.15) is 34.7 Å². The minimum atomic E-state index is -1.30. The van der Waals surface area contributed by atoms with Crippen molar-refractivity contribution in [1.29, 1.82) is 0 Å². The zero-order valence-electron chi connectivity index (χ0n) is 55.3. The van der Waals surface area contributed by atoms with Crippen LogP contribution in [-0.2, 0) is 116 Å². The van der Waals surface area contributed by atoms with E-state index in [-0.39, 0.29) is 138 Å². The predicted octanol–water partition coefficient (Wildman–Crippen LogP) is 12.2. The zero-order valence-corrected chi connectivity index (χ0v) is 62.5. The number of epoxide rings is 2. The van der Waals surface area contributed by atoms with Crippen LogP contribution in [0.3, 0.4) is 0 Å². The second kappa shape index (κ2) is 33.7. The molecule has 2 amide bonds. The van der Waals surface area contributed by atoms with Crippen molar-refractivity contribution in [2.45, 2.75) is 208 Å². The van der Waals surface area contributed by atoms with Crippen LogP contribution >= 0.6 is 23.2 Å². The van der Waals surface area contributed by atoms with E-state index in [1.165, 1.54) is 9.80 Å². The molecule has 6 aliphatic heterocycles. The number of nitrogens with zero attached hydrogens (tertiary/aromatic N) is 3. The first-order chi connectivity index (χ1) is 40.2. The maximum atomic E-state index is 13.8. The van der Waals surface area contributed by atoms with E-state index in [2.05, 4.69) is 29.1 Å². The number of amides is 2. The molecule has 8 rings (SSSR count). The van der Waals surface area contributed by atoms with E-state index in [1.54, 1.807) is 28.1 Å². The zero-order chi connectivity index (χ0) is 64.6. The Morgan fingerprint density at radius 3 is 1.49 bits per heavy atom. The Labute approximate surface area is 586 Å². The number of anilines is 2. The van der Waals surface area contributed by atoms with E-state index in [9.17, 15) is 29.7 Å². The largest absolute Gasteiger partial charge is 0.653 e. The second-order valence-corrected chi connectivity index (χ2v) is 25.6. The molecule has 0 aromatic heterocycles.